The second-order valence-corrected chi connectivity index (χ2v) is 7.16. The average molecular weight is 379 g/mol. The van der Waals surface area contributed by atoms with Crippen molar-refractivity contribution in [1.82, 2.24) is 0 Å². The van der Waals surface area contributed by atoms with Gasteiger partial charge in [0.15, 0.2) is 0 Å². The van der Waals surface area contributed by atoms with Crippen LogP contribution < -0.4 is 0 Å². The van der Waals surface area contributed by atoms with Crippen LogP contribution >= 0.6 is 0 Å². The molecule has 1 fully saturated rings. The first-order chi connectivity index (χ1) is 12.9. The van der Waals surface area contributed by atoms with Gasteiger partial charge in [-0.3, -0.25) is 4.79 Å². The Balaban J connectivity index is 2.53. The maximum atomic E-state index is 10.5. The minimum absolute atomic E-state index is 0.0987. The van der Waals surface area contributed by atoms with E-state index in [0.29, 0.717) is 32.1 Å². The summed E-state index contributed by atoms with van der Waals surface area (Å²) >= 11 is 0. The first kappa shape index (κ1) is 23.3. The monoisotopic (exact) mass is 378 g/mol. The van der Waals surface area contributed by atoms with E-state index in [2.05, 4.69) is 6.58 Å². The lowest BCUT2D eigenvalue weighted by atomic mass is 9.89. The number of carbonyl (C=O) groups is 1. The Labute approximate surface area is 162 Å². The Morgan fingerprint density at radius 1 is 1.22 bits per heavy atom. The summed E-state index contributed by atoms with van der Waals surface area (Å²) in [5.41, 5.74) is 1.09. The van der Waals surface area contributed by atoms with Crippen LogP contribution in [0.15, 0.2) is 48.6 Å². The number of hydrogen-bond acceptors (Lipinski definition) is 4. The molecule has 1 aliphatic rings. The van der Waals surface area contributed by atoms with E-state index in [1.54, 1.807) is 12.2 Å². The van der Waals surface area contributed by atoms with Gasteiger partial charge in [-0.25, -0.2) is 0 Å². The van der Waals surface area contributed by atoms with E-state index in [4.69, 9.17) is 5.11 Å². The molecule has 0 aliphatic heterocycles. The Bertz CT molecular complexity index is 549. The fraction of sp³-hybridized carbons (Fsp3) is 0.591. The van der Waals surface area contributed by atoms with Crippen LogP contribution in [-0.2, 0) is 4.79 Å². The summed E-state index contributed by atoms with van der Waals surface area (Å²) in [7, 11) is 0. The van der Waals surface area contributed by atoms with Crippen LogP contribution in [0, 0.1) is 11.8 Å². The van der Waals surface area contributed by atoms with E-state index in [0.717, 1.165) is 12.0 Å². The molecule has 5 heteroatoms. The van der Waals surface area contributed by atoms with E-state index in [1.807, 2.05) is 31.2 Å². The van der Waals surface area contributed by atoms with Gasteiger partial charge in [-0.1, -0.05) is 48.6 Å². The zero-order valence-electron chi connectivity index (χ0n) is 16.2. The van der Waals surface area contributed by atoms with Gasteiger partial charge in [-0.2, -0.15) is 0 Å². The topological polar surface area (TPSA) is 98.0 Å². The van der Waals surface area contributed by atoms with E-state index in [-0.39, 0.29) is 18.3 Å². The van der Waals surface area contributed by atoms with Crippen molar-refractivity contribution in [1.29, 1.82) is 0 Å². The highest BCUT2D eigenvalue weighted by atomic mass is 16.4. The third-order valence-electron chi connectivity index (χ3n) is 5.17. The number of carboxylic acids is 1. The van der Waals surface area contributed by atoms with Crippen molar-refractivity contribution >= 4 is 5.97 Å². The molecule has 0 heterocycles. The van der Waals surface area contributed by atoms with Crippen molar-refractivity contribution in [2.75, 3.05) is 0 Å². The second kappa shape index (κ2) is 12.7. The van der Waals surface area contributed by atoms with Crippen LogP contribution in [0.1, 0.15) is 51.9 Å². The van der Waals surface area contributed by atoms with Gasteiger partial charge in [0.05, 0.1) is 18.3 Å². The largest absolute Gasteiger partial charge is 0.481 e. The fourth-order valence-electron chi connectivity index (χ4n) is 3.48. The second-order valence-electron chi connectivity index (χ2n) is 7.16. The number of carboxylic acid groups (broad SMARTS) is 1. The number of unbranched alkanes of at least 4 members (excludes halogenated alkanes) is 1. The fourth-order valence-corrected chi connectivity index (χ4v) is 3.48. The summed E-state index contributed by atoms with van der Waals surface area (Å²) in [5, 5.41) is 39.2. The SMILES string of the molecule is C=CC(=CC)CCC(O)C=CC1C(O)CC(O)C1CC=CCCCC(=O)O. The maximum Gasteiger partial charge on any atom is 0.303 e. The van der Waals surface area contributed by atoms with Gasteiger partial charge in [-0.15, -0.1) is 0 Å². The first-order valence-electron chi connectivity index (χ1n) is 9.76. The van der Waals surface area contributed by atoms with Gasteiger partial charge >= 0.3 is 5.97 Å². The lowest BCUT2D eigenvalue weighted by molar-refractivity contribution is -0.137. The van der Waals surface area contributed by atoms with Gasteiger partial charge in [0.25, 0.3) is 0 Å². The first-order valence-corrected chi connectivity index (χ1v) is 9.76. The highest BCUT2D eigenvalue weighted by molar-refractivity contribution is 5.66. The summed E-state index contributed by atoms with van der Waals surface area (Å²) in [6, 6.07) is 0. The summed E-state index contributed by atoms with van der Waals surface area (Å²) in [6.45, 7) is 5.68. The molecule has 1 saturated carbocycles. The van der Waals surface area contributed by atoms with Crippen molar-refractivity contribution in [2.24, 2.45) is 11.8 Å². The molecule has 0 aromatic carbocycles. The van der Waals surface area contributed by atoms with Crippen molar-refractivity contribution in [2.45, 2.75) is 70.2 Å². The Morgan fingerprint density at radius 3 is 2.59 bits per heavy atom. The number of hydrogen-bond donors (Lipinski definition) is 4. The molecule has 0 aromatic heterocycles. The molecule has 1 rings (SSSR count). The Morgan fingerprint density at radius 2 is 1.96 bits per heavy atom. The van der Waals surface area contributed by atoms with Gasteiger partial charge in [-0.05, 0) is 44.9 Å². The van der Waals surface area contributed by atoms with Crippen LogP contribution in [0.3, 0.4) is 0 Å². The highest BCUT2D eigenvalue weighted by Gasteiger charge is 2.39. The van der Waals surface area contributed by atoms with Crippen molar-refractivity contribution in [3.05, 3.63) is 48.6 Å². The summed E-state index contributed by atoms with van der Waals surface area (Å²) < 4.78 is 0. The van der Waals surface area contributed by atoms with E-state index in [9.17, 15) is 20.1 Å². The minimum Gasteiger partial charge on any atom is -0.481 e. The molecule has 0 saturated heterocycles. The van der Waals surface area contributed by atoms with Gasteiger partial charge in [0.1, 0.15) is 0 Å². The number of aliphatic hydroxyl groups excluding tert-OH is 3. The molecule has 0 bridgehead atoms. The summed E-state index contributed by atoms with van der Waals surface area (Å²) in [4.78, 5) is 10.5. The van der Waals surface area contributed by atoms with Gasteiger partial charge < -0.3 is 20.4 Å². The molecule has 0 aromatic rings. The zero-order chi connectivity index (χ0) is 20.2. The van der Waals surface area contributed by atoms with E-state index < -0.39 is 24.3 Å². The highest BCUT2D eigenvalue weighted by Crippen LogP contribution is 2.36. The number of allylic oxidation sites excluding steroid dienone is 5. The standard InChI is InChI=1S/C22H34O5/c1-3-16(4-2)11-12-17(23)13-14-19-18(20(24)15-21(19)25)9-7-5-6-8-10-22(26)27/h3-5,7,13-14,17-21,23-25H,1,6,8-12,15H2,2H3,(H,26,27). The van der Waals surface area contributed by atoms with E-state index >= 15 is 0 Å². The molecule has 0 spiro atoms. The van der Waals surface area contributed by atoms with Gasteiger partial charge in [0.2, 0.25) is 0 Å². The molecule has 0 amide bonds. The van der Waals surface area contributed by atoms with Crippen LogP contribution in [0.4, 0.5) is 0 Å². The van der Waals surface area contributed by atoms with Crippen molar-refractivity contribution in [3.63, 3.8) is 0 Å². The smallest absolute Gasteiger partial charge is 0.303 e. The molecule has 4 N–H and O–H groups in total. The molecular weight excluding hydrogens is 344 g/mol. The number of aliphatic hydroxyl groups is 3. The molecule has 27 heavy (non-hydrogen) atoms. The molecule has 5 atom stereocenters. The Hall–Kier alpha value is -1.69. The molecular formula is C22H34O5. The molecule has 5 unspecified atom stereocenters. The van der Waals surface area contributed by atoms with Gasteiger partial charge in [0, 0.05) is 18.8 Å². The molecule has 0 radical (unpaired) electrons. The molecule has 5 nitrogen and oxygen atoms in total. The van der Waals surface area contributed by atoms with Crippen LogP contribution in [0.2, 0.25) is 0 Å². The summed E-state index contributed by atoms with van der Waals surface area (Å²) in [5.74, 6) is -1.09. The minimum atomic E-state index is -0.795. The third kappa shape index (κ3) is 8.69. The summed E-state index contributed by atoms with van der Waals surface area (Å²) in [6.07, 6.45) is 13.1. The van der Waals surface area contributed by atoms with Crippen LogP contribution in [-0.4, -0.2) is 44.7 Å². The molecule has 152 valence electrons. The van der Waals surface area contributed by atoms with Crippen molar-refractivity contribution < 1.29 is 25.2 Å². The van der Waals surface area contributed by atoms with Crippen LogP contribution in [0.5, 0.6) is 0 Å². The predicted octanol–water partition coefficient (Wildman–Crippen LogP) is 3.38. The lowest BCUT2D eigenvalue weighted by Gasteiger charge is -2.19. The third-order valence-corrected chi connectivity index (χ3v) is 5.17. The van der Waals surface area contributed by atoms with Crippen molar-refractivity contribution in [3.8, 4) is 0 Å². The number of rotatable bonds is 12. The lowest BCUT2D eigenvalue weighted by Crippen LogP contribution is -2.20. The number of aliphatic carboxylic acids is 1. The predicted molar refractivity (Wildman–Crippen MR) is 107 cm³/mol. The zero-order valence-corrected chi connectivity index (χ0v) is 16.2. The quantitative estimate of drug-likeness (QED) is 0.237. The average Bonchev–Trinajstić information content (AvgIpc) is 2.89. The maximum absolute atomic E-state index is 10.5. The molecule has 1 aliphatic carbocycles. The normalized spacial score (nSPS) is 27.5. The van der Waals surface area contributed by atoms with E-state index in [1.165, 1.54) is 0 Å². The van der Waals surface area contributed by atoms with Crippen LogP contribution in [0.25, 0.3) is 0 Å². The Kier molecular flexibility index (Phi) is 10.9.